The molecule has 24 heavy (non-hydrogen) atoms. The molecule has 0 aliphatic carbocycles. The number of aromatic nitrogens is 3. The molecular formula is C14H15N5O5. The molecule has 0 atom stereocenters. The molecule has 0 radical (unpaired) electrons. The highest BCUT2D eigenvalue weighted by Crippen LogP contribution is 2.26. The van der Waals surface area contributed by atoms with Crippen molar-refractivity contribution in [1.82, 2.24) is 20.6 Å². The normalized spacial score (nSPS) is 10.7. The zero-order valence-corrected chi connectivity index (χ0v) is 12.7. The highest BCUT2D eigenvalue weighted by Gasteiger charge is 2.08. The van der Waals surface area contributed by atoms with Gasteiger partial charge in [-0.25, -0.2) is 15.3 Å². The lowest BCUT2D eigenvalue weighted by atomic mass is 10.2. The topological polar surface area (TPSA) is 150 Å². The number of amides is 1. The van der Waals surface area contributed by atoms with E-state index in [0.29, 0.717) is 17.9 Å². The van der Waals surface area contributed by atoms with Gasteiger partial charge in [0.05, 0.1) is 19.2 Å². The fourth-order valence-electron chi connectivity index (χ4n) is 1.74. The molecule has 2 rings (SSSR count). The lowest BCUT2D eigenvalue weighted by molar-refractivity contribution is -0.120. The lowest BCUT2D eigenvalue weighted by Crippen LogP contribution is -2.31. The Morgan fingerprint density at radius 3 is 2.96 bits per heavy atom. The molecule has 0 aliphatic heterocycles. The van der Waals surface area contributed by atoms with Crippen LogP contribution in [-0.4, -0.2) is 39.0 Å². The number of hydrogen-bond donors (Lipinski definition) is 4. The molecule has 126 valence electrons. The average molecular weight is 333 g/mol. The van der Waals surface area contributed by atoms with E-state index in [0.717, 1.165) is 0 Å². The third kappa shape index (κ3) is 4.53. The van der Waals surface area contributed by atoms with Gasteiger partial charge < -0.3 is 9.84 Å². The van der Waals surface area contributed by atoms with Crippen LogP contribution in [0.15, 0.2) is 32.9 Å². The number of phenols is 1. The van der Waals surface area contributed by atoms with Gasteiger partial charge in [-0.3, -0.25) is 14.6 Å². The number of aromatic hydroxyl groups is 1. The fourth-order valence-corrected chi connectivity index (χ4v) is 1.74. The first-order valence-corrected chi connectivity index (χ1v) is 6.95. The van der Waals surface area contributed by atoms with Gasteiger partial charge in [-0.1, -0.05) is 0 Å². The van der Waals surface area contributed by atoms with E-state index in [2.05, 4.69) is 15.6 Å². The summed E-state index contributed by atoms with van der Waals surface area (Å²) in [4.78, 5) is 35.9. The van der Waals surface area contributed by atoms with Crippen molar-refractivity contribution in [2.45, 2.75) is 13.3 Å². The number of carbonyl (C=O) groups is 1. The van der Waals surface area contributed by atoms with E-state index in [1.807, 2.05) is 10.1 Å². The van der Waals surface area contributed by atoms with Crippen LogP contribution in [0, 0.1) is 0 Å². The van der Waals surface area contributed by atoms with Gasteiger partial charge in [0, 0.05) is 0 Å². The third-order valence-corrected chi connectivity index (χ3v) is 2.80. The number of nitrogens with one attached hydrogen (secondary N) is 3. The number of hydrazone groups is 1. The fraction of sp³-hybridized carbons (Fsp3) is 0.214. The van der Waals surface area contributed by atoms with Crippen LogP contribution in [0.25, 0.3) is 0 Å². The molecule has 0 saturated heterocycles. The second-order valence-electron chi connectivity index (χ2n) is 4.58. The van der Waals surface area contributed by atoms with E-state index in [-0.39, 0.29) is 17.9 Å². The van der Waals surface area contributed by atoms with E-state index in [4.69, 9.17) is 4.74 Å². The number of hydrogen-bond acceptors (Lipinski definition) is 7. The first-order chi connectivity index (χ1) is 11.5. The van der Waals surface area contributed by atoms with Crippen molar-refractivity contribution in [3.8, 4) is 11.5 Å². The van der Waals surface area contributed by atoms with Crippen molar-refractivity contribution >= 4 is 12.1 Å². The molecule has 0 spiro atoms. The van der Waals surface area contributed by atoms with E-state index in [9.17, 15) is 19.5 Å². The SMILES string of the molecule is CCOc1cc(/C=N/NC(=O)Cc2n[nH]c(=O)[nH]c2=O)ccc1O. The van der Waals surface area contributed by atoms with Crippen LogP contribution in [-0.2, 0) is 11.2 Å². The maximum atomic E-state index is 11.7. The van der Waals surface area contributed by atoms with E-state index >= 15 is 0 Å². The minimum Gasteiger partial charge on any atom is -0.504 e. The second-order valence-corrected chi connectivity index (χ2v) is 4.58. The molecule has 0 unspecified atom stereocenters. The van der Waals surface area contributed by atoms with Crippen molar-refractivity contribution in [2.75, 3.05) is 6.61 Å². The molecule has 0 fully saturated rings. The first-order valence-electron chi connectivity index (χ1n) is 6.95. The Morgan fingerprint density at radius 1 is 1.46 bits per heavy atom. The predicted octanol–water partition coefficient (Wildman–Crippen LogP) is -0.745. The van der Waals surface area contributed by atoms with Crippen molar-refractivity contribution in [3.05, 3.63) is 50.3 Å². The van der Waals surface area contributed by atoms with Crippen LogP contribution < -0.4 is 21.4 Å². The summed E-state index contributed by atoms with van der Waals surface area (Å²) in [5, 5.41) is 18.8. The van der Waals surface area contributed by atoms with Crippen molar-refractivity contribution < 1.29 is 14.6 Å². The summed E-state index contributed by atoms with van der Waals surface area (Å²) >= 11 is 0. The number of rotatable bonds is 6. The minimum absolute atomic E-state index is 0.00130. The third-order valence-electron chi connectivity index (χ3n) is 2.80. The van der Waals surface area contributed by atoms with Gasteiger partial charge in [0.2, 0.25) is 5.91 Å². The molecule has 10 heteroatoms. The summed E-state index contributed by atoms with van der Waals surface area (Å²) in [7, 11) is 0. The predicted molar refractivity (Wildman–Crippen MR) is 84.2 cm³/mol. The molecular weight excluding hydrogens is 318 g/mol. The summed E-state index contributed by atoms with van der Waals surface area (Å²) in [6, 6.07) is 4.59. The zero-order valence-electron chi connectivity index (χ0n) is 12.7. The summed E-state index contributed by atoms with van der Waals surface area (Å²) in [5.41, 5.74) is 1.20. The number of carbonyl (C=O) groups excluding carboxylic acids is 1. The molecule has 0 bridgehead atoms. The van der Waals surface area contributed by atoms with E-state index in [1.54, 1.807) is 19.1 Å². The molecule has 2 aromatic rings. The van der Waals surface area contributed by atoms with Crippen LogP contribution in [0.3, 0.4) is 0 Å². The molecule has 1 aromatic carbocycles. The Kier molecular flexibility index (Phi) is 5.45. The Morgan fingerprint density at radius 2 is 2.25 bits per heavy atom. The van der Waals surface area contributed by atoms with Crippen LogP contribution in [0.4, 0.5) is 0 Å². The van der Waals surface area contributed by atoms with Gasteiger partial charge in [-0.05, 0) is 30.7 Å². The van der Waals surface area contributed by atoms with Crippen molar-refractivity contribution in [3.63, 3.8) is 0 Å². The maximum Gasteiger partial charge on any atom is 0.342 e. The second kappa shape index (κ2) is 7.72. The van der Waals surface area contributed by atoms with Gasteiger partial charge in [0.15, 0.2) is 11.5 Å². The molecule has 1 heterocycles. The standard InChI is InChI=1S/C14H15N5O5/c1-2-24-11-5-8(3-4-10(11)20)7-15-18-12(21)6-9-13(22)16-14(23)19-17-9/h3-5,7,20H,2,6H2,1H3,(H,18,21)(H2,16,19,22,23)/b15-7+. The molecule has 1 amide bonds. The number of nitrogens with zero attached hydrogens (tertiary/aromatic N) is 2. The highest BCUT2D eigenvalue weighted by atomic mass is 16.5. The Hall–Kier alpha value is -3.43. The van der Waals surface area contributed by atoms with Crippen LogP contribution in [0.2, 0.25) is 0 Å². The van der Waals surface area contributed by atoms with Crippen LogP contribution in [0.5, 0.6) is 11.5 Å². The van der Waals surface area contributed by atoms with Crippen LogP contribution >= 0.6 is 0 Å². The Labute approximate surface area is 135 Å². The zero-order chi connectivity index (χ0) is 17.5. The number of phenolic OH excluding ortho intramolecular Hbond substituents is 1. The van der Waals surface area contributed by atoms with E-state index < -0.39 is 17.2 Å². The summed E-state index contributed by atoms with van der Waals surface area (Å²) in [5.74, 6) is -0.279. The molecule has 10 nitrogen and oxygen atoms in total. The molecule has 0 saturated carbocycles. The van der Waals surface area contributed by atoms with Gasteiger partial charge in [0.1, 0.15) is 5.69 Å². The number of benzene rings is 1. The van der Waals surface area contributed by atoms with E-state index in [1.165, 1.54) is 12.3 Å². The van der Waals surface area contributed by atoms with Crippen molar-refractivity contribution in [2.24, 2.45) is 5.10 Å². The minimum atomic E-state index is -0.750. The highest BCUT2D eigenvalue weighted by molar-refractivity contribution is 5.83. The maximum absolute atomic E-state index is 11.7. The molecule has 0 aliphatic rings. The number of ether oxygens (including phenoxy) is 1. The van der Waals surface area contributed by atoms with Gasteiger partial charge >= 0.3 is 5.69 Å². The summed E-state index contributed by atoms with van der Waals surface area (Å²) in [6.45, 7) is 2.18. The lowest BCUT2D eigenvalue weighted by Gasteiger charge is -2.05. The number of aromatic amines is 2. The molecule has 4 N–H and O–H groups in total. The molecule has 1 aromatic heterocycles. The van der Waals surface area contributed by atoms with Gasteiger partial charge in [0.25, 0.3) is 5.56 Å². The summed E-state index contributed by atoms with van der Waals surface area (Å²) < 4.78 is 5.23. The first kappa shape index (κ1) is 16.9. The number of H-pyrrole nitrogens is 2. The smallest absolute Gasteiger partial charge is 0.342 e. The quantitative estimate of drug-likeness (QED) is 0.404. The van der Waals surface area contributed by atoms with Gasteiger partial charge in [-0.15, -0.1) is 0 Å². The Bertz CT molecular complexity index is 870. The van der Waals surface area contributed by atoms with Crippen molar-refractivity contribution in [1.29, 1.82) is 0 Å². The van der Waals surface area contributed by atoms with Crippen LogP contribution in [0.1, 0.15) is 18.2 Å². The van der Waals surface area contributed by atoms with Gasteiger partial charge in [-0.2, -0.15) is 10.2 Å². The largest absolute Gasteiger partial charge is 0.504 e. The average Bonchev–Trinajstić information content (AvgIpc) is 2.53. The monoisotopic (exact) mass is 333 g/mol. The Balaban J connectivity index is 1.98. The summed E-state index contributed by atoms with van der Waals surface area (Å²) in [6.07, 6.45) is 1.01.